The average Bonchev–Trinajstić information content (AvgIpc) is 2.58. The third kappa shape index (κ3) is 1.92. The second kappa shape index (κ2) is 4.06. The summed E-state index contributed by atoms with van der Waals surface area (Å²) in [5, 5.41) is 3.70. The Bertz CT molecular complexity index is 377. The molecule has 0 saturated carbocycles. The molecule has 1 N–H and O–H groups in total. The van der Waals surface area contributed by atoms with Crippen molar-refractivity contribution in [2.75, 3.05) is 18.0 Å². The molecule has 0 spiro atoms. The van der Waals surface area contributed by atoms with Gasteiger partial charge >= 0.3 is 0 Å². The molecule has 2 fully saturated rings. The molecule has 16 heavy (non-hydrogen) atoms. The predicted octanol–water partition coefficient (Wildman–Crippen LogP) is 1.72. The Kier molecular flexibility index (Phi) is 2.56. The van der Waals surface area contributed by atoms with E-state index in [1.54, 1.807) is 0 Å². The highest BCUT2D eigenvalue weighted by Crippen LogP contribution is 2.23. The summed E-state index contributed by atoms with van der Waals surface area (Å²) < 4.78 is 0. The summed E-state index contributed by atoms with van der Waals surface area (Å²) in [4.78, 5) is 7.05. The zero-order valence-electron chi connectivity index (χ0n) is 9.82. The van der Waals surface area contributed by atoms with E-state index in [1.165, 1.54) is 19.3 Å². The zero-order valence-corrected chi connectivity index (χ0v) is 9.82. The number of nitrogens with one attached hydrogen (secondary N) is 1. The molecule has 2 saturated heterocycles. The maximum Gasteiger partial charge on any atom is 0.128 e. The molecule has 2 atom stereocenters. The van der Waals surface area contributed by atoms with E-state index in [1.807, 2.05) is 0 Å². The molecule has 1 aromatic heterocycles. The summed E-state index contributed by atoms with van der Waals surface area (Å²) in [6.45, 7) is 4.32. The quantitative estimate of drug-likeness (QED) is 0.776. The van der Waals surface area contributed by atoms with E-state index >= 15 is 0 Å². The van der Waals surface area contributed by atoms with Gasteiger partial charge in [-0.1, -0.05) is 6.07 Å². The first-order chi connectivity index (χ1) is 7.81. The zero-order chi connectivity index (χ0) is 11.0. The van der Waals surface area contributed by atoms with Crippen molar-refractivity contribution >= 4 is 5.82 Å². The van der Waals surface area contributed by atoms with Crippen LogP contribution in [0.15, 0.2) is 18.2 Å². The number of aromatic nitrogens is 1. The van der Waals surface area contributed by atoms with E-state index in [-0.39, 0.29) is 0 Å². The van der Waals surface area contributed by atoms with E-state index in [9.17, 15) is 0 Å². The van der Waals surface area contributed by atoms with Gasteiger partial charge in [-0.3, -0.25) is 0 Å². The molecule has 1 aromatic rings. The lowest BCUT2D eigenvalue weighted by molar-refractivity contribution is 0.563. The summed E-state index contributed by atoms with van der Waals surface area (Å²) in [5.74, 6) is 1.15. The molecule has 0 aliphatic carbocycles. The van der Waals surface area contributed by atoms with Gasteiger partial charge in [0.05, 0.1) is 0 Å². The normalized spacial score (nSPS) is 29.2. The fourth-order valence-corrected chi connectivity index (χ4v) is 2.86. The van der Waals surface area contributed by atoms with Crippen LogP contribution >= 0.6 is 0 Å². The van der Waals surface area contributed by atoms with Crippen LogP contribution in [0.5, 0.6) is 0 Å². The predicted molar refractivity (Wildman–Crippen MR) is 65.7 cm³/mol. The fourth-order valence-electron chi connectivity index (χ4n) is 2.86. The number of pyridine rings is 1. The Morgan fingerprint density at radius 2 is 2.12 bits per heavy atom. The van der Waals surface area contributed by atoms with E-state index in [0.717, 1.165) is 30.6 Å². The summed E-state index contributed by atoms with van der Waals surface area (Å²) in [6.07, 6.45) is 3.94. The molecule has 86 valence electrons. The van der Waals surface area contributed by atoms with Crippen LogP contribution in [0.4, 0.5) is 5.82 Å². The molecule has 3 nitrogen and oxygen atoms in total. The third-order valence-corrected chi connectivity index (χ3v) is 3.72. The van der Waals surface area contributed by atoms with Gasteiger partial charge in [0.15, 0.2) is 0 Å². The molecular formula is C13H19N3. The molecule has 3 heterocycles. The van der Waals surface area contributed by atoms with E-state index in [2.05, 4.69) is 40.3 Å². The van der Waals surface area contributed by atoms with Crippen molar-refractivity contribution in [2.45, 2.75) is 38.3 Å². The first-order valence-corrected chi connectivity index (χ1v) is 6.26. The fraction of sp³-hybridized carbons (Fsp3) is 0.615. The smallest absolute Gasteiger partial charge is 0.128 e. The molecular weight excluding hydrogens is 198 g/mol. The second-order valence-electron chi connectivity index (χ2n) is 5.01. The monoisotopic (exact) mass is 217 g/mol. The van der Waals surface area contributed by atoms with Gasteiger partial charge in [0.2, 0.25) is 0 Å². The molecule has 2 aliphatic heterocycles. The highest BCUT2D eigenvalue weighted by atomic mass is 15.2. The first-order valence-electron chi connectivity index (χ1n) is 6.26. The molecule has 0 amide bonds. The molecule has 3 rings (SSSR count). The van der Waals surface area contributed by atoms with Gasteiger partial charge in [-0.2, -0.15) is 0 Å². The SMILES string of the molecule is Cc1cccc(N2CCC3CCC(C2)N3)n1. The number of hydrogen-bond acceptors (Lipinski definition) is 3. The maximum atomic E-state index is 4.62. The Morgan fingerprint density at radius 1 is 1.25 bits per heavy atom. The minimum absolute atomic E-state index is 0.676. The lowest BCUT2D eigenvalue weighted by atomic mass is 10.1. The average molecular weight is 217 g/mol. The molecule has 0 aromatic carbocycles. The van der Waals surface area contributed by atoms with Crippen molar-refractivity contribution in [1.82, 2.24) is 10.3 Å². The van der Waals surface area contributed by atoms with Crippen LogP contribution in [0.3, 0.4) is 0 Å². The molecule has 3 heteroatoms. The number of nitrogens with zero attached hydrogens (tertiary/aromatic N) is 2. The van der Waals surface area contributed by atoms with Gasteiger partial charge < -0.3 is 10.2 Å². The van der Waals surface area contributed by atoms with Crippen LogP contribution in [0.1, 0.15) is 25.0 Å². The number of hydrogen-bond donors (Lipinski definition) is 1. The Balaban J connectivity index is 1.79. The Morgan fingerprint density at radius 3 is 3.00 bits per heavy atom. The Hall–Kier alpha value is -1.09. The van der Waals surface area contributed by atoms with Gasteiger partial charge in [0, 0.05) is 30.9 Å². The van der Waals surface area contributed by atoms with Crippen molar-refractivity contribution in [2.24, 2.45) is 0 Å². The second-order valence-corrected chi connectivity index (χ2v) is 5.01. The van der Waals surface area contributed by atoms with E-state index in [4.69, 9.17) is 0 Å². The number of anilines is 1. The summed E-state index contributed by atoms with van der Waals surface area (Å²) in [5.41, 5.74) is 1.11. The summed E-state index contributed by atoms with van der Waals surface area (Å²) in [7, 11) is 0. The van der Waals surface area contributed by atoms with Crippen LogP contribution in [0.25, 0.3) is 0 Å². The summed E-state index contributed by atoms with van der Waals surface area (Å²) in [6, 6.07) is 7.72. The van der Waals surface area contributed by atoms with Crippen molar-refractivity contribution < 1.29 is 0 Å². The number of fused-ring (bicyclic) bond motifs is 2. The molecule has 0 radical (unpaired) electrons. The standard InChI is InChI=1S/C13H19N3/c1-10-3-2-4-13(14-10)16-8-7-11-5-6-12(9-16)15-11/h2-4,11-12,15H,5-9H2,1H3. The lowest BCUT2D eigenvalue weighted by Gasteiger charge is -2.25. The van der Waals surface area contributed by atoms with Gasteiger partial charge in [0.25, 0.3) is 0 Å². The van der Waals surface area contributed by atoms with Crippen LogP contribution in [-0.2, 0) is 0 Å². The van der Waals surface area contributed by atoms with E-state index in [0.29, 0.717) is 6.04 Å². The van der Waals surface area contributed by atoms with Gasteiger partial charge in [0.1, 0.15) is 5.82 Å². The van der Waals surface area contributed by atoms with Crippen molar-refractivity contribution in [3.05, 3.63) is 23.9 Å². The van der Waals surface area contributed by atoms with Crippen LogP contribution in [-0.4, -0.2) is 30.2 Å². The minimum Gasteiger partial charge on any atom is -0.355 e. The molecule has 2 aliphatic rings. The number of aryl methyl sites for hydroxylation is 1. The molecule has 2 unspecified atom stereocenters. The van der Waals surface area contributed by atoms with Crippen molar-refractivity contribution in [1.29, 1.82) is 0 Å². The van der Waals surface area contributed by atoms with Gasteiger partial charge in [-0.15, -0.1) is 0 Å². The Labute approximate surface area is 96.9 Å². The first kappa shape index (κ1) is 10.1. The van der Waals surface area contributed by atoms with E-state index < -0.39 is 0 Å². The van der Waals surface area contributed by atoms with Gasteiger partial charge in [-0.05, 0) is 38.3 Å². The number of rotatable bonds is 1. The van der Waals surface area contributed by atoms with Crippen LogP contribution < -0.4 is 10.2 Å². The highest BCUT2D eigenvalue weighted by molar-refractivity contribution is 5.40. The minimum atomic E-state index is 0.676. The maximum absolute atomic E-state index is 4.62. The largest absolute Gasteiger partial charge is 0.355 e. The van der Waals surface area contributed by atoms with Crippen molar-refractivity contribution in [3.63, 3.8) is 0 Å². The highest BCUT2D eigenvalue weighted by Gasteiger charge is 2.29. The molecule has 2 bridgehead atoms. The lowest BCUT2D eigenvalue weighted by Crippen LogP contribution is -2.35. The third-order valence-electron chi connectivity index (χ3n) is 3.72. The topological polar surface area (TPSA) is 28.2 Å². The van der Waals surface area contributed by atoms with Crippen LogP contribution in [0.2, 0.25) is 0 Å². The van der Waals surface area contributed by atoms with Gasteiger partial charge in [-0.25, -0.2) is 4.98 Å². The van der Waals surface area contributed by atoms with Crippen molar-refractivity contribution in [3.8, 4) is 0 Å². The van der Waals surface area contributed by atoms with Crippen LogP contribution in [0, 0.1) is 6.92 Å². The summed E-state index contributed by atoms with van der Waals surface area (Å²) >= 11 is 0.